The number of anilines is 1. The molecule has 0 aliphatic carbocycles. The number of carbonyl (C=O) groups is 1. The van der Waals surface area contributed by atoms with Crippen LogP contribution in [0.5, 0.6) is 0 Å². The molecule has 2 aromatic rings. The number of hydrogen-bond acceptors (Lipinski definition) is 2. The van der Waals surface area contributed by atoms with Crippen LogP contribution < -0.4 is 5.32 Å². The molecular weight excluding hydrogens is 250 g/mol. The number of rotatable bonds is 4. The number of nitrogens with one attached hydrogen (secondary N) is 1. The number of carboxylic acids is 1. The lowest BCUT2D eigenvalue weighted by Gasteiger charge is -2.13. The third-order valence-electron chi connectivity index (χ3n) is 3.42. The van der Waals surface area contributed by atoms with Crippen molar-refractivity contribution in [2.75, 3.05) is 5.32 Å². The lowest BCUT2D eigenvalue weighted by molar-refractivity contribution is 0.0697. The summed E-state index contributed by atoms with van der Waals surface area (Å²) in [6.45, 7) is 6.99. The van der Waals surface area contributed by atoms with Crippen molar-refractivity contribution < 1.29 is 9.90 Å². The molecule has 2 aromatic carbocycles. The maximum absolute atomic E-state index is 10.9. The van der Waals surface area contributed by atoms with E-state index in [0.29, 0.717) is 12.1 Å². The number of carboxylic acid groups (broad SMARTS) is 1. The van der Waals surface area contributed by atoms with Crippen LogP contribution in [0, 0.1) is 20.8 Å². The standard InChI is InChI=1S/C17H19NO2/c1-11-7-12(2)16(13(3)8-11)10-18-15-6-4-5-14(9-15)17(19)20/h4-9,18H,10H2,1-3H3,(H,19,20). The monoisotopic (exact) mass is 269 g/mol. The maximum Gasteiger partial charge on any atom is 0.335 e. The molecule has 0 saturated carbocycles. The Balaban J connectivity index is 2.17. The molecule has 0 aliphatic rings. The van der Waals surface area contributed by atoms with E-state index in [4.69, 9.17) is 5.11 Å². The molecule has 20 heavy (non-hydrogen) atoms. The van der Waals surface area contributed by atoms with E-state index in [2.05, 4.69) is 38.2 Å². The molecule has 0 unspecified atom stereocenters. The molecule has 0 atom stereocenters. The second-order valence-electron chi connectivity index (χ2n) is 5.12. The van der Waals surface area contributed by atoms with Crippen molar-refractivity contribution in [2.24, 2.45) is 0 Å². The molecule has 0 aliphatic heterocycles. The van der Waals surface area contributed by atoms with Crippen molar-refractivity contribution in [1.29, 1.82) is 0 Å². The predicted molar refractivity (Wildman–Crippen MR) is 81.4 cm³/mol. The minimum atomic E-state index is -0.906. The van der Waals surface area contributed by atoms with Gasteiger partial charge in [-0.25, -0.2) is 4.79 Å². The van der Waals surface area contributed by atoms with E-state index in [9.17, 15) is 4.79 Å². The summed E-state index contributed by atoms with van der Waals surface area (Å²) in [5.41, 5.74) is 6.15. The fraction of sp³-hybridized carbons (Fsp3) is 0.235. The van der Waals surface area contributed by atoms with Gasteiger partial charge >= 0.3 is 5.97 Å². The Labute approximate surface area is 119 Å². The van der Waals surface area contributed by atoms with Gasteiger partial charge in [0.2, 0.25) is 0 Å². The van der Waals surface area contributed by atoms with Crippen molar-refractivity contribution in [3.63, 3.8) is 0 Å². The molecule has 0 radical (unpaired) electrons. The first-order valence-electron chi connectivity index (χ1n) is 6.61. The third kappa shape index (κ3) is 3.18. The summed E-state index contributed by atoms with van der Waals surface area (Å²) in [4.78, 5) is 10.9. The normalized spacial score (nSPS) is 10.3. The third-order valence-corrected chi connectivity index (χ3v) is 3.42. The molecule has 0 fully saturated rings. The Kier molecular flexibility index (Phi) is 4.08. The summed E-state index contributed by atoms with van der Waals surface area (Å²) in [7, 11) is 0. The van der Waals surface area contributed by atoms with E-state index in [-0.39, 0.29) is 0 Å². The highest BCUT2D eigenvalue weighted by molar-refractivity contribution is 5.88. The van der Waals surface area contributed by atoms with Crippen LogP contribution in [0.1, 0.15) is 32.6 Å². The molecule has 0 amide bonds. The van der Waals surface area contributed by atoms with Crippen LogP contribution in [-0.4, -0.2) is 11.1 Å². The number of aryl methyl sites for hydroxylation is 3. The van der Waals surface area contributed by atoms with Crippen molar-refractivity contribution in [2.45, 2.75) is 27.3 Å². The van der Waals surface area contributed by atoms with Gasteiger partial charge in [0.1, 0.15) is 0 Å². The molecule has 0 spiro atoms. The highest BCUT2D eigenvalue weighted by atomic mass is 16.4. The zero-order valence-electron chi connectivity index (χ0n) is 12.0. The SMILES string of the molecule is Cc1cc(C)c(CNc2cccc(C(=O)O)c2)c(C)c1. The number of benzene rings is 2. The Morgan fingerprint density at radius 2 is 1.75 bits per heavy atom. The van der Waals surface area contributed by atoms with E-state index in [1.807, 2.05) is 6.07 Å². The average Bonchev–Trinajstić information content (AvgIpc) is 2.37. The molecule has 0 heterocycles. The zero-order valence-corrected chi connectivity index (χ0v) is 12.0. The minimum Gasteiger partial charge on any atom is -0.478 e. The smallest absolute Gasteiger partial charge is 0.335 e. The molecule has 104 valence electrons. The van der Waals surface area contributed by atoms with Crippen LogP contribution >= 0.6 is 0 Å². The number of hydrogen-bond donors (Lipinski definition) is 2. The van der Waals surface area contributed by atoms with Crippen molar-refractivity contribution >= 4 is 11.7 Å². The van der Waals surface area contributed by atoms with E-state index < -0.39 is 5.97 Å². The van der Waals surface area contributed by atoms with Gasteiger partial charge in [-0.1, -0.05) is 23.8 Å². The van der Waals surface area contributed by atoms with Gasteiger partial charge in [-0.15, -0.1) is 0 Å². The molecule has 0 saturated heterocycles. The van der Waals surface area contributed by atoms with E-state index >= 15 is 0 Å². The molecule has 3 nitrogen and oxygen atoms in total. The average molecular weight is 269 g/mol. The van der Waals surface area contributed by atoms with Gasteiger partial charge in [0, 0.05) is 12.2 Å². The summed E-state index contributed by atoms with van der Waals surface area (Å²) >= 11 is 0. The van der Waals surface area contributed by atoms with Gasteiger partial charge in [0.15, 0.2) is 0 Å². The maximum atomic E-state index is 10.9. The summed E-state index contributed by atoms with van der Waals surface area (Å²) in [6, 6.07) is 11.2. The van der Waals surface area contributed by atoms with Gasteiger partial charge in [-0.2, -0.15) is 0 Å². The van der Waals surface area contributed by atoms with Gasteiger partial charge < -0.3 is 10.4 Å². The summed E-state index contributed by atoms with van der Waals surface area (Å²) in [6.07, 6.45) is 0. The van der Waals surface area contributed by atoms with Crippen molar-refractivity contribution in [3.8, 4) is 0 Å². The van der Waals surface area contributed by atoms with Crippen LogP contribution in [0.4, 0.5) is 5.69 Å². The van der Waals surface area contributed by atoms with E-state index in [1.54, 1.807) is 18.2 Å². The highest BCUT2D eigenvalue weighted by Crippen LogP contribution is 2.18. The summed E-state index contributed by atoms with van der Waals surface area (Å²) < 4.78 is 0. The number of aromatic carboxylic acids is 1. The van der Waals surface area contributed by atoms with Crippen LogP contribution in [0.15, 0.2) is 36.4 Å². The summed E-state index contributed by atoms with van der Waals surface area (Å²) in [5, 5.41) is 12.3. The Morgan fingerprint density at radius 3 is 2.35 bits per heavy atom. The van der Waals surface area contributed by atoms with E-state index in [1.165, 1.54) is 22.3 Å². The first-order chi connectivity index (χ1) is 9.47. The van der Waals surface area contributed by atoms with Crippen LogP contribution in [0.3, 0.4) is 0 Å². The van der Waals surface area contributed by atoms with Crippen molar-refractivity contribution in [3.05, 3.63) is 64.2 Å². The largest absolute Gasteiger partial charge is 0.478 e. The second-order valence-corrected chi connectivity index (χ2v) is 5.12. The van der Waals surface area contributed by atoms with Gasteiger partial charge in [-0.3, -0.25) is 0 Å². The van der Waals surface area contributed by atoms with Gasteiger partial charge in [-0.05, 0) is 55.7 Å². The first-order valence-corrected chi connectivity index (χ1v) is 6.61. The Morgan fingerprint density at radius 1 is 1.10 bits per heavy atom. The first kappa shape index (κ1) is 14.1. The van der Waals surface area contributed by atoms with Crippen LogP contribution in [0.2, 0.25) is 0 Å². The van der Waals surface area contributed by atoms with Gasteiger partial charge in [0.05, 0.1) is 5.56 Å². The molecule has 3 heteroatoms. The fourth-order valence-corrected chi connectivity index (χ4v) is 2.44. The second kappa shape index (κ2) is 5.78. The molecule has 0 aromatic heterocycles. The Hall–Kier alpha value is -2.29. The van der Waals surface area contributed by atoms with E-state index in [0.717, 1.165) is 5.69 Å². The van der Waals surface area contributed by atoms with Crippen LogP contribution in [-0.2, 0) is 6.54 Å². The quantitative estimate of drug-likeness (QED) is 0.884. The molecule has 2 N–H and O–H groups in total. The highest BCUT2D eigenvalue weighted by Gasteiger charge is 2.06. The molecule has 2 rings (SSSR count). The zero-order chi connectivity index (χ0) is 14.7. The Bertz CT molecular complexity index is 624. The summed E-state index contributed by atoms with van der Waals surface area (Å²) in [5.74, 6) is -0.906. The topological polar surface area (TPSA) is 49.3 Å². The fourth-order valence-electron chi connectivity index (χ4n) is 2.44. The predicted octanol–water partition coefficient (Wildman–Crippen LogP) is 3.92. The minimum absolute atomic E-state index is 0.298. The molecule has 0 bridgehead atoms. The molecular formula is C17H19NO2. The van der Waals surface area contributed by atoms with Gasteiger partial charge in [0.25, 0.3) is 0 Å². The lowest BCUT2D eigenvalue weighted by atomic mass is 10.00. The van der Waals surface area contributed by atoms with Crippen LogP contribution in [0.25, 0.3) is 0 Å². The van der Waals surface area contributed by atoms with Crippen molar-refractivity contribution in [1.82, 2.24) is 0 Å². The lowest BCUT2D eigenvalue weighted by Crippen LogP contribution is -2.05.